The van der Waals surface area contributed by atoms with Crippen molar-refractivity contribution in [3.8, 4) is 23.0 Å². The van der Waals surface area contributed by atoms with E-state index in [0.717, 1.165) is 6.21 Å². The third-order valence-corrected chi connectivity index (χ3v) is 11.6. The Kier molecular flexibility index (Phi) is 12.4. The number of hydrogen-bond acceptors (Lipinski definition) is 15. The van der Waals surface area contributed by atoms with E-state index in [1.54, 1.807) is 44.9 Å². The van der Waals surface area contributed by atoms with E-state index in [1.807, 2.05) is 0 Å². The minimum Gasteiger partial charge on any atom is -0.507 e. The summed E-state index contributed by atoms with van der Waals surface area (Å²) in [4.78, 5) is 41.9. The second-order valence-corrected chi connectivity index (χ2v) is 15.8. The number of Topliss-reactive ketones (excluding diaryl/α,β-unsaturated/α-hetero) is 1. The Balaban J connectivity index is 1.69. The molecule has 9 atom stereocenters. The van der Waals surface area contributed by atoms with Crippen molar-refractivity contribution in [2.75, 3.05) is 45.6 Å². The van der Waals surface area contributed by atoms with E-state index in [4.69, 9.17) is 23.1 Å². The molecule has 5 bridgehead atoms. The molecule has 2 aromatic carbocycles. The average Bonchev–Trinajstić information content (AvgIpc) is 3.48. The van der Waals surface area contributed by atoms with Crippen molar-refractivity contribution in [2.24, 2.45) is 28.8 Å². The first-order valence-corrected chi connectivity index (χ1v) is 19.6. The van der Waals surface area contributed by atoms with Gasteiger partial charge in [-0.15, -0.1) is 0 Å². The van der Waals surface area contributed by atoms with Gasteiger partial charge in [0.1, 0.15) is 23.4 Å². The summed E-state index contributed by atoms with van der Waals surface area (Å²) in [5.41, 5.74) is -0.716. The number of fused-ring (bicyclic) bond motifs is 14. The molecule has 4 heterocycles. The maximum atomic E-state index is 14.5. The lowest BCUT2D eigenvalue weighted by Gasteiger charge is -2.38. The number of rotatable bonds is 4. The molecule has 0 aromatic heterocycles. The number of allylic oxidation sites excluding steroid dienone is 2. The molecule has 1 saturated heterocycles. The molecule has 0 radical (unpaired) electrons. The van der Waals surface area contributed by atoms with Crippen molar-refractivity contribution >= 4 is 40.3 Å². The van der Waals surface area contributed by atoms with Crippen LogP contribution in [-0.4, -0.2) is 130 Å². The number of aromatic hydroxyl groups is 3. The predicted molar refractivity (Wildman–Crippen MR) is 220 cm³/mol. The Morgan fingerprint density at radius 3 is 2.29 bits per heavy atom. The summed E-state index contributed by atoms with van der Waals surface area (Å²) in [5, 5.41) is 66.4. The highest BCUT2D eigenvalue weighted by atomic mass is 16.7. The van der Waals surface area contributed by atoms with E-state index in [0.29, 0.717) is 0 Å². The third kappa shape index (κ3) is 8.91. The third-order valence-electron chi connectivity index (χ3n) is 11.6. The number of ketones is 1. The van der Waals surface area contributed by atoms with Gasteiger partial charge in [0.05, 0.1) is 53.0 Å². The zero-order valence-corrected chi connectivity index (χ0v) is 34.8. The molecule has 2 aromatic rings. The Morgan fingerprint density at radius 2 is 1.66 bits per heavy atom. The van der Waals surface area contributed by atoms with Crippen LogP contribution in [0.3, 0.4) is 0 Å². The van der Waals surface area contributed by atoms with Crippen molar-refractivity contribution in [3.05, 3.63) is 52.8 Å². The maximum Gasteiger partial charge on any atom is 0.312 e. The number of ether oxygens (including phenoxy) is 4. The number of hydrogen-bond donors (Lipinski definition) is 6. The second kappa shape index (κ2) is 18.0. The molecule has 6 rings (SSSR count). The molecule has 322 valence electrons. The van der Waals surface area contributed by atoms with Crippen LogP contribution in [0.2, 0.25) is 0 Å². The SMILES string of the molecule is [2H]C([2H])([2H])N1CCN(/N=C/c2c3c(O)c4c(O)c(C)c5c(c4c2O)C(=O)[C@@](C)(O/C=C/[C@H](OC)[C@H](C)[C@@H](OC(C)=O)[C@H](C)[C@H](O)[C@H](C)[C@@H](O)[C@@H](C)/C=C/C=C(/C)C(=O)N3)O5)CC1. The summed E-state index contributed by atoms with van der Waals surface area (Å²) in [6, 6.07) is 0. The first-order valence-electron chi connectivity index (χ1n) is 21.1. The molecule has 1 amide bonds. The molecule has 6 N–H and O–H groups in total. The lowest BCUT2D eigenvalue weighted by atomic mass is 9.78. The summed E-state index contributed by atoms with van der Waals surface area (Å²) in [6.45, 7) is 10.7. The number of carbonyl (C=O) groups excluding carboxylic acids is 3. The van der Waals surface area contributed by atoms with Crippen LogP contribution in [0.4, 0.5) is 5.69 Å². The zero-order chi connectivity index (χ0) is 46.2. The molecule has 16 heteroatoms. The Hall–Kier alpha value is -5.16. The number of aliphatic hydroxyl groups is 2. The number of carbonyl (C=O) groups is 3. The van der Waals surface area contributed by atoms with Crippen LogP contribution in [0.1, 0.15) is 74.1 Å². The number of esters is 1. The second-order valence-electron chi connectivity index (χ2n) is 15.8. The van der Waals surface area contributed by atoms with Crippen LogP contribution < -0.4 is 10.1 Å². The highest BCUT2D eigenvalue weighted by Crippen LogP contribution is 2.55. The summed E-state index contributed by atoms with van der Waals surface area (Å²) >= 11 is 0. The molecular formula is C43H58N4O12. The van der Waals surface area contributed by atoms with Crippen LogP contribution in [0.25, 0.3) is 10.8 Å². The standard InChI is InChI=1S/C43H58N4O12/c1-21-12-11-13-22(2)42(55)45-33-28(20-44-47-17-15-46(9)16-18-47)37(52)30-31(38(33)53)36(51)26(6)40-32(30)41(54)43(8,59-40)57-19-14-29(56-10)23(3)39(58-27(7)48)25(5)35(50)24(4)34(21)49/h11-14,19-21,23-25,29,34-35,39,49-53H,15-18H2,1-10H3,(H,45,55)/b12-11+,19-14+,22-13-,44-20+/t21-,23-,24+,25+,29-,34-,35+,39+,43-/m0/s1/i9D3. The number of amides is 1. The van der Waals surface area contributed by atoms with Gasteiger partial charge in [0.25, 0.3) is 11.7 Å². The van der Waals surface area contributed by atoms with Gasteiger partial charge in [0, 0.05) is 91.4 Å². The topological polar surface area (TPSA) is 220 Å². The van der Waals surface area contributed by atoms with Gasteiger partial charge in [0.15, 0.2) is 5.75 Å². The fourth-order valence-corrected chi connectivity index (χ4v) is 7.82. The van der Waals surface area contributed by atoms with Crippen molar-refractivity contribution in [3.63, 3.8) is 0 Å². The Morgan fingerprint density at radius 1 is 0.983 bits per heavy atom. The number of likely N-dealkylation sites (N-methyl/N-ethyl adjacent to an activating group) is 1. The maximum absolute atomic E-state index is 14.5. The molecule has 4 aliphatic rings. The van der Waals surface area contributed by atoms with E-state index < -0.39 is 95.8 Å². The summed E-state index contributed by atoms with van der Waals surface area (Å²) < 4.78 is 46.7. The molecule has 59 heavy (non-hydrogen) atoms. The highest BCUT2D eigenvalue weighted by Gasteiger charge is 2.50. The van der Waals surface area contributed by atoms with Crippen molar-refractivity contribution in [1.29, 1.82) is 0 Å². The van der Waals surface area contributed by atoms with Gasteiger partial charge in [0.2, 0.25) is 0 Å². The number of piperazine rings is 1. The minimum absolute atomic E-state index is 0.00936. The lowest BCUT2D eigenvalue weighted by molar-refractivity contribution is -0.160. The normalized spacial score (nSPS) is 33.0. The van der Waals surface area contributed by atoms with Gasteiger partial charge in [-0.25, -0.2) is 0 Å². The summed E-state index contributed by atoms with van der Waals surface area (Å²) in [5.74, 6) is -8.92. The van der Waals surface area contributed by atoms with Crippen LogP contribution in [0, 0.1) is 30.6 Å². The number of anilines is 1. The molecule has 4 aliphatic heterocycles. The van der Waals surface area contributed by atoms with Crippen molar-refractivity contribution in [2.45, 2.75) is 85.6 Å². The van der Waals surface area contributed by atoms with Crippen molar-refractivity contribution in [1.82, 2.24) is 9.91 Å². The van der Waals surface area contributed by atoms with Gasteiger partial charge in [-0.1, -0.05) is 45.9 Å². The summed E-state index contributed by atoms with van der Waals surface area (Å²) in [6.07, 6.45) is 4.45. The molecule has 16 nitrogen and oxygen atoms in total. The smallest absolute Gasteiger partial charge is 0.312 e. The van der Waals surface area contributed by atoms with Crippen LogP contribution in [0.5, 0.6) is 23.0 Å². The van der Waals surface area contributed by atoms with Gasteiger partial charge in [-0.05, 0) is 26.9 Å². The fraction of sp³-hybridized carbons (Fsp3) is 0.535. The predicted octanol–water partition coefficient (Wildman–Crippen LogP) is 4.34. The quantitative estimate of drug-likeness (QED) is 0.109. The first kappa shape index (κ1) is 40.6. The number of benzene rings is 2. The van der Waals surface area contributed by atoms with Crippen LogP contribution >= 0.6 is 0 Å². The number of phenols is 3. The van der Waals surface area contributed by atoms with E-state index in [-0.39, 0.29) is 70.7 Å². The molecule has 0 saturated carbocycles. The van der Waals surface area contributed by atoms with Crippen LogP contribution in [0.15, 0.2) is 41.2 Å². The highest BCUT2D eigenvalue weighted by molar-refractivity contribution is 6.23. The number of methoxy groups -OCH3 is 1. The number of hydrazone groups is 1. The largest absolute Gasteiger partial charge is 0.507 e. The van der Waals surface area contributed by atoms with Gasteiger partial charge in [-0.3, -0.25) is 19.4 Å². The van der Waals surface area contributed by atoms with Crippen LogP contribution in [-0.2, 0) is 23.8 Å². The van der Waals surface area contributed by atoms with Crippen molar-refractivity contribution < 1.29 is 63.0 Å². The molecule has 0 aliphatic carbocycles. The number of nitrogens with one attached hydrogen (secondary N) is 1. The number of aliphatic hydroxyl groups excluding tert-OH is 2. The van der Waals surface area contributed by atoms with E-state index in [9.17, 15) is 39.9 Å². The molecule has 0 unspecified atom stereocenters. The van der Waals surface area contributed by atoms with E-state index in [1.165, 1.54) is 58.1 Å². The number of nitrogens with zero attached hydrogens (tertiary/aromatic N) is 3. The minimum atomic E-state index is -2.30. The average molecular weight is 826 g/mol. The van der Waals surface area contributed by atoms with Gasteiger partial charge >= 0.3 is 11.8 Å². The first-order chi connectivity index (χ1) is 28.9. The molecule has 1 fully saturated rings. The zero-order valence-electron chi connectivity index (χ0n) is 37.8. The summed E-state index contributed by atoms with van der Waals surface area (Å²) in [7, 11) is 1.42. The Bertz CT molecular complexity index is 2180. The van der Waals surface area contributed by atoms with E-state index in [2.05, 4.69) is 10.4 Å². The molecule has 0 spiro atoms. The lowest BCUT2D eigenvalue weighted by Crippen LogP contribution is -2.46. The molecular weight excluding hydrogens is 764 g/mol. The van der Waals surface area contributed by atoms with Gasteiger partial charge < -0.3 is 54.7 Å². The Labute approximate surface area is 348 Å². The van der Waals surface area contributed by atoms with E-state index >= 15 is 0 Å². The monoisotopic (exact) mass is 825 g/mol. The van der Waals surface area contributed by atoms with Gasteiger partial charge in [-0.2, -0.15) is 5.10 Å². The fourth-order valence-electron chi connectivity index (χ4n) is 7.82. The number of phenolic OH excluding ortho intramolecular Hbond substituents is 3.